The highest BCUT2D eigenvalue weighted by atomic mass is 19.4. The highest BCUT2D eigenvalue weighted by Gasteiger charge is 2.31. The number of benzene rings is 2. The second-order valence-corrected chi connectivity index (χ2v) is 7.24. The number of carbonyl (C=O) groups is 1. The molecule has 158 valence electrons. The van der Waals surface area contributed by atoms with Crippen LogP contribution in [0.2, 0.25) is 0 Å². The maximum absolute atomic E-state index is 13.0. The molecule has 0 spiro atoms. The van der Waals surface area contributed by atoms with Crippen LogP contribution in [0.4, 0.5) is 13.2 Å². The Morgan fingerprint density at radius 1 is 1.17 bits per heavy atom. The number of aromatic nitrogens is 2. The van der Waals surface area contributed by atoms with Gasteiger partial charge in [0, 0.05) is 11.1 Å². The summed E-state index contributed by atoms with van der Waals surface area (Å²) in [7, 11) is 0. The summed E-state index contributed by atoms with van der Waals surface area (Å²) >= 11 is 0. The summed E-state index contributed by atoms with van der Waals surface area (Å²) in [5.41, 5.74) is 0.921. The fraction of sp³-hybridized carbons (Fsp3) is 0.318. The molecule has 1 heterocycles. The third-order valence-electron chi connectivity index (χ3n) is 4.97. The molecule has 0 unspecified atom stereocenters. The van der Waals surface area contributed by atoms with Crippen LogP contribution >= 0.6 is 0 Å². The van der Waals surface area contributed by atoms with Crippen molar-refractivity contribution in [3.8, 4) is 11.4 Å². The molecular formula is C22H22F3N3O2. The number of hydrogen-bond donors (Lipinski definition) is 1. The van der Waals surface area contributed by atoms with Crippen molar-refractivity contribution in [3.05, 3.63) is 71.1 Å². The number of rotatable bonds is 6. The second-order valence-electron chi connectivity index (χ2n) is 7.24. The summed E-state index contributed by atoms with van der Waals surface area (Å²) in [6.07, 6.45) is -3.75. The van der Waals surface area contributed by atoms with Crippen molar-refractivity contribution in [2.75, 3.05) is 0 Å². The lowest BCUT2D eigenvalue weighted by molar-refractivity contribution is -0.137. The molecule has 0 aliphatic heterocycles. The van der Waals surface area contributed by atoms with Crippen molar-refractivity contribution >= 4 is 5.91 Å². The van der Waals surface area contributed by atoms with Crippen molar-refractivity contribution in [2.24, 2.45) is 5.92 Å². The van der Waals surface area contributed by atoms with Crippen LogP contribution < -0.4 is 5.32 Å². The van der Waals surface area contributed by atoms with Crippen LogP contribution in [0, 0.1) is 12.8 Å². The molecule has 1 aromatic heterocycles. The van der Waals surface area contributed by atoms with Crippen molar-refractivity contribution in [1.82, 2.24) is 15.5 Å². The zero-order valence-corrected chi connectivity index (χ0v) is 16.8. The summed E-state index contributed by atoms with van der Waals surface area (Å²) in [5.74, 6) is -0.139. The molecule has 3 aromatic rings. The quantitative estimate of drug-likeness (QED) is 0.568. The number of hydrogen-bond acceptors (Lipinski definition) is 4. The predicted molar refractivity (Wildman–Crippen MR) is 106 cm³/mol. The standard InChI is InChI=1S/C22H22F3N3O2/c1-4-14(3)18(26-20(29)15-10-8-13(2)9-11-15)21-27-19(28-30-21)16-6-5-7-17(12-16)22(23,24)25/h5-12,14,18H,4H2,1-3H3,(H,26,29)/t14-,18-/m1/s1. The lowest BCUT2D eigenvalue weighted by Crippen LogP contribution is -2.32. The zero-order chi connectivity index (χ0) is 21.9. The van der Waals surface area contributed by atoms with E-state index < -0.39 is 17.8 Å². The average molecular weight is 417 g/mol. The van der Waals surface area contributed by atoms with Gasteiger partial charge in [0.05, 0.1) is 5.56 Å². The Balaban J connectivity index is 1.87. The molecule has 0 saturated carbocycles. The smallest absolute Gasteiger partial charge is 0.340 e. The van der Waals surface area contributed by atoms with E-state index in [1.54, 1.807) is 12.1 Å². The van der Waals surface area contributed by atoms with Gasteiger partial charge in [-0.1, -0.05) is 55.3 Å². The molecule has 5 nitrogen and oxygen atoms in total. The SMILES string of the molecule is CC[C@@H](C)[C@@H](NC(=O)c1ccc(C)cc1)c1nc(-c2cccc(C(F)(F)F)c2)no1. The van der Waals surface area contributed by atoms with E-state index in [2.05, 4.69) is 15.5 Å². The van der Waals surface area contributed by atoms with Gasteiger partial charge < -0.3 is 9.84 Å². The van der Waals surface area contributed by atoms with E-state index in [0.717, 1.165) is 24.1 Å². The normalized spacial score (nSPS) is 13.7. The third-order valence-corrected chi connectivity index (χ3v) is 4.97. The van der Waals surface area contributed by atoms with E-state index in [1.807, 2.05) is 32.9 Å². The first-order chi connectivity index (χ1) is 14.2. The monoisotopic (exact) mass is 417 g/mol. The highest BCUT2D eigenvalue weighted by molar-refractivity contribution is 5.94. The van der Waals surface area contributed by atoms with Gasteiger partial charge in [-0.2, -0.15) is 18.2 Å². The molecule has 3 rings (SSSR count). The first kappa shape index (κ1) is 21.5. The molecule has 1 N–H and O–H groups in total. The fourth-order valence-corrected chi connectivity index (χ4v) is 2.93. The van der Waals surface area contributed by atoms with E-state index in [4.69, 9.17) is 4.52 Å². The fourth-order valence-electron chi connectivity index (χ4n) is 2.93. The van der Waals surface area contributed by atoms with Crippen LogP contribution in [-0.4, -0.2) is 16.0 Å². The molecule has 1 amide bonds. The topological polar surface area (TPSA) is 68.0 Å². The summed E-state index contributed by atoms with van der Waals surface area (Å²) < 4.78 is 44.3. The van der Waals surface area contributed by atoms with E-state index >= 15 is 0 Å². The maximum Gasteiger partial charge on any atom is 0.416 e. The minimum atomic E-state index is -4.47. The molecule has 0 radical (unpaired) electrons. The Bertz CT molecular complexity index is 1010. The zero-order valence-electron chi connectivity index (χ0n) is 16.8. The Morgan fingerprint density at radius 2 is 1.87 bits per heavy atom. The third kappa shape index (κ3) is 4.87. The van der Waals surface area contributed by atoms with Crippen molar-refractivity contribution < 1.29 is 22.5 Å². The van der Waals surface area contributed by atoms with Crippen molar-refractivity contribution in [3.63, 3.8) is 0 Å². The van der Waals surface area contributed by atoms with Gasteiger partial charge in [-0.15, -0.1) is 0 Å². The summed E-state index contributed by atoms with van der Waals surface area (Å²) in [5, 5.41) is 6.74. The van der Waals surface area contributed by atoms with E-state index in [1.165, 1.54) is 12.1 Å². The van der Waals surface area contributed by atoms with Crippen LogP contribution in [0.1, 0.15) is 53.7 Å². The van der Waals surface area contributed by atoms with Crippen LogP contribution in [0.25, 0.3) is 11.4 Å². The minimum absolute atomic E-state index is 0.0331. The Hall–Kier alpha value is -3.16. The highest BCUT2D eigenvalue weighted by Crippen LogP contribution is 2.32. The molecule has 2 atom stereocenters. The number of carbonyl (C=O) groups excluding carboxylic acids is 1. The van der Waals surface area contributed by atoms with E-state index in [0.29, 0.717) is 5.56 Å². The molecule has 0 fully saturated rings. The van der Waals surface area contributed by atoms with E-state index in [-0.39, 0.29) is 29.1 Å². The Labute approximate surface area is 172 Å². The van der Waals surface area contributed by atoms with Gasteiger partial charge in [0.15, 0.2) is 0 Å². The van der Waals surface area contributed by atoms with E-state index in [9.17, 15) is 18.0 Å². The molecule has 0 aliphatic rings. The molecule has 2 aromatic carbocycles. The van der Waals surface area contributed by atoms with Gasteiger partial charge in [-0.05, 0) is 37.1 Å². The van der Waals surface area contributed by atoms with Crippen LogP contribution in [-0.2, 0) is 6.18 Å². The first-order valence-electron chi connectivity index (χ1n) is 9.57. The minimum Gasteiger partial charge on any atom is -0.340 e. The lowest BCUT2D eigenvalue weighted by Gasteiger charge is -2.20. The maximum atomic E-state index is 13.0. The first-order valence-corrected chi connectivity index (χ1v) is 9.57. The Morgan fingerprint density at radius 3 is 2.50 bits per heavy atom. The largest absolute Gasteiger partial charge is 0.416 e. The molecule has 30 heavy (non-hydrogen) atoms. The van der Waals surface area contributed by atoms with Gasteiger partial charge in [0.1, 0.15) is 6.04 Å². The number of aryl methyl sites for hydroxylation is 1. The van der Waals surface area contributed by atoms with Gasteiger partial charge in [-0.3, -0.25) is 4.79 Å². The summed E-state index contributed by atoms with van der Waals surface area (Å²) in [6, 6.07) is 11.3. The number of amides is 1. The van der Waals surface area contributed by atoms with Gasteiger partial charge in [0.25, 0.3) is 5.91 Å². The van der Waals surface area contributed by atoms with Gasteiger partial charge in [0.2, 0.25) is 11.7 Å². The lowest BCUT2D eigenvalue weighted by atomic mass is 9.98. The van der Waals surface area contributed by atoms with Crippen LogP contribution in [0.3, 0.4) is 0 Å². The van der Waals surface area contributed by atoms with Crippen LogP contribution in [0.15, 0.2) is 53.1 Å². The Kier molecular flexibility index (Phi) is 6.24. The molecule has 0 aliphatic carbocycles. The van der Waals surface area contributed by atoms with Gasteiger partial charge in [-0.25, -0.2) is 0 Å². The summed E-state index contributed by atoms with van der Waals surface area (Å²) in [4.78, 5) is 16.9. The molecular weight excluding hydrogens is 395 g/mol. The molecule has 0 saturated heterocycles. The number of nitrogens with one attached hydrogen (secondary N) is 1. The van der Waals surface area contributed by atoms with Crippen molar-refractivity contribution in [1.29, 1.82) is 0 Å². The van der Waals surface area contributed by atoms with Gasteiger partial charge >= 0.3 is 6.18 Å². The second kappa shape index (κ2) is 8.69. The number of alkyl halides is 3. The average Bonchev–Trinajstić information content (AvgIpc) is 3.21. The van der Waals surface area contributed by atoms with Crippen molar-refractivity contribution in [2.45, 2.75) is 39.4 Å². The molecule has 8 heteroatoms. The number of halogens is 3. The summed E-state index contributed by atoms with van der Waals surface area (Å²) in [6.45, 7) is 5.81. The predicted octanol–water partition coefficient (Wildman–Crippen LogP) is 5.58. The van der Waals surface area contributed by atoms with Crippen LogP contribution in [0.5, 0.6) is 0 Å². The molecule has 0 bridgehead atoms. The number of nitrogens with zero attached hydrogens (tertiary/aromatic N) is 2.